The number of fused-ring (bicyclic) bond motifs is 15. The van der Waals surface area contributed by atoms with Crippen LogP contribution in [0.1, 0.15) is 33.4 Å². The number of aromatic nitrogens is 5. The Bertz CT molecular complexity index is 3220. The third kappa shape index (κ3) is 3.93. The van der Waals surface area contributed by atoms with Crippen molar-refractivity contribution in [1.29, 1.82) is 10.5 Å². The second kappa shape index (κ2) is 11.3. The van der Waals surface area contributed by atoms with Gasteiger partial charge in [0.1, 0.15) is 0 Å². The topological polar surface area (TPSA) is 96.1 Å². The van der Waals surface area contributed by atoms with Gasteiger partial charge in [-0.25, -0.2) is 0 Å². The van der Waals surface area contributed by atoms with E-state index in [2.05, 4.69) is 105 Å². The van der Waals surface area contributed by atoms with Crippen LogP contribution in [-0.2, 0) is 5.41 Å². The summed E-state index contributed by atoms with van der Waals surface area (Å²) in [5.74, 6) is 0. The van der Waals surface area contributed by atoms with Crippen molar-refractivity contribution in [3.05, 3.63) is 186 Å². The van der Waals surface area contributed by atoms with Gasteiger partial charge in [-0.2, -0.15) is 10.5 Å². The van der Waals surface area contributed by atoms with Crippen molar-refractivity contribution in [3.8, 4) is 34.9 Å². The summed E-state index contributed by atoms with van der Waals surface area (Å²) in [6, 6.07) is 48.8. The van der Waals surface area contributed by atoms with E-state index >= 15 is 0 Å². The lowest BCUT2D eigenvalue weighted by atomic mass is 9.67. The van der Waals surface area contributed by atoms with Crippen LogP contribution < -0.4 is 0 Å². The van der Waals surface area contributed by atoms with Crippen LogP contribution >= 0.6 is 11.8 Å². The van der Waals surface area contributed by atoms with E-state index in [1.807, 2.05) is 67.1 Å². The van der Waals surface area contributed by atoms with Crippen LogP contribution in [0, 0.1) is 22.7 Å². The van der Waals surface area contributed by atoms with Crippen LogP contribution in [0.4, 0.5) is 0 Å². The Labute approximate surface area is 324 Å². The van der Waals surface area contributed by atoms with Gasteiger partial charge >= 0.3 is 0 Å². The van der Waals surface area contributed by atoms with E-state index in [0.717, 1.165) is 77.5 Å². The van der Waals surface area contributed by atoms with Crippen molar-refractivity contribution >= 4 is 55.4 Å². The molecule has 8 heteroatoms. The molecule has 6 heterocycles. The molecule has 0 bridgehead atoms. The minimum Gasteiger partial charge on any atom is -0.308 e. The molecule has 0 atom stereocenters. The Morgan fingerprint density at radius 2 is 1.00 bits per heavy atom. The summed E-state index contributed by atoms with van der Waals surface area (Å²) in [6.07, 6.45) is 7.59. The van der Waals surface area contributed by atoms with Gasteiger partial charge in [0.2, 0.25) is 0 Å². The molecule has 5 aromatic carbocycles. The normalized spacial score (nSPS) is 13.4. The van der Waals surface area contributed by atoms with Gasteiger partial charge in [0.25, 0.3) is 0 Å². The molecular weight excluding hydrogens is 707 g/mol. The smallest absolute Gasteiger partial charge is 0.0991 e. The molecule has 0 radical (unpaired) electrons. The maximum absolute atomic E-state index is 9.80. The maximum Gasteiger partial charge on any atom is 0.0991 e. The highest BCUT2D eigenvalue weighted by Gasteiger charge is 2.52. The summed E-state index contributed by atoms with van der Waals surface area (Å²) in [6.45, 7) is 0. The highest BCUT2D eigenvalue weighted by Crippen LogP contribution is 2.62. The largest absolute Gasteiger partial charge is 0.308 e. The van der Waals surface area contributed by atoms with Gasteiger partial charge in [-0.3, -0.25) is 15.0 Å². The molecule has 12 rings (SSSR count). The Balaban J connectivity index is 1.19. The zero-order valence-electron chi connectivity index (χ0n) is 29.5. The van der Waals surface area contributed by atoms with E-state index in [0.29, 0.717) is 11.1 Å². The number of para-hydroxylation sites is 1. The van der Waals surface area contributed by atoms with Crippen molar-refractivity contribution in [1.82, 2.24) is 24.1 Å². The summed E-state index contributed by atoms with van der Waals surface area (Å²) in [5, 5.41) is 23.7. The van der Waals surface area contributed by atoms with Crippen molar-refractivity contribution in [2.24, 2.45) is 0 Å². The fourth-order valence-electron chi connectivity index (χ4n) is 9.36. The van der Waals surface area contributed by atoms with Gasteiger partial charge in [-0.05, 0) is 83.9 Å². The van der Waals surface area contributed by atoms with Crippen molar-refractivity contribution in [3.63, 3.8) is 0 Å². The molecule has 0 N–H and O–H groups in total. The quantitative estimate of drug-likeness (QED) is 0.176. The van der Waals surface area contributed by atoms with Gasteiger partial charge in [0.15, 0.2) is 0 Å². The average Bonchev–Trinajstić information content (AvgIpc) is 3.87. The van der Waals surface area contributed by atoms with Crippen LogP contribution in [0.3, 0.4) is 0 Å². The van der Waals surface area contributed by atoms with Crippen LogP contribution in [-0.4, -0.2) is 24.1 Å². The minimum atomic E-state index is -0.743. The second-order valence-corrected chi connectivity index (χ2v) is 15.4. The number of hydrogen-bond donors (Lipinski definition) is 0. The van der Waals surface area contributed by atoms with Gasteiger partial charge in [0.05, 0.1) is 92.1 Å². The van der Waals surface area contributed by atoms with Gasteiger partial charge in [0, 0.05) is 48.7 Å². The van der Waals surface area contributed by atoms with Crippen LogP contribution in [0.15, 0.2) is 162 Å². The Morgan fingerprint density at radius 3 is 1.61 bits per heavy atom. The Hall–Kier alpha value is -7.52. The second-order valence-electron chi connectivity index (χ2n) is 14.3. The fourth-order valence-corrected chi connectivity index (χ4v) is 10.6. The van der Waals surface area contributed by atoms with Crippen LogP contribution in [0.2, 0.25) is 0 Å². The highest BCUT2D eigenvalue weighted by atomic mass is 32.2. The molecule has 5 aromatic heterocycles. The molecule has 10 aromatic rings. The van der Waals surface area contributed by atoms with Crippen LogP contribution in [0.25, 0.3) is 66.4 Å². The molecule has 0 saturated heterocycles. The number of pyridine rings is 3. The van der Waals surface area contributed by atoms with E-state index in [4.69, 9.17) is 9.97 Å². The number of hydrogen-bond acceptors (Lipinski definition) is 6. The molecule has 1 spiro atoms. The van der Waals surface area contributed by atoms with E-state index in [1.54, 1.807) is 18.0 Å². The first-order valence-electron chi connectivity index (χ1n) is 18.3. The van der Waals surface area contributed by atoms with E-state index in [-0.39, 0.29) is 0 Å². The highest BCUT2D eigenvalue weighted by molar-refractivity contribution is 7.99. The third-order valence-corrected chi connectivity index (χ3v) is 12.7. The first kappa shape index (κ1) is 30.9. The standard InChI is InChI=1S/C48H25N7S/c49-23-28-13-15-41-34(19-28)32-7-1-4-10-40(32)54(41)30-21-38-46(52-25-30)47-39(48(38)36-8-2-5-11-44(36)56-45-12-6-3-9-37(45)48)22-31(26-53-47)55-42-16-14-29(24-50)20-35(42)33-17-18-51-27-43(33)55/h1-22,25-27H. The van der Waals surface area contributed by atoms with E-state index < -0.39 is 5.41 Å². The zero-order chi connectivity index (χ0) is 37.1. The predicted molar refractivity (Wildman–Crippen MR) is 219 cm³/mol. The molecule has 56 heavy (non-hydrogen) atoms. The Kier molecular flexibility index (Phi) is 6.21. The first-order chi connectivity index (χ1) is 27.7. The molecule has 0 unspecified atom stereocenters. The first-order valence-corrected chi connectivity index (χ1v) is 19.1. The molecule has 0 amide bonds. The van der Waals surface area contributed by atoms with Crippen molar-refractivity contribution < 1.29 is 0 Å². The van der Waals surface area contributed by atoms with Crippen molar-refractivity contribution in [2.75, 3.05) is 0 Å². The molecule has 258 valence electrons. The summed E-state index contributed by atoms with van der Waals surface area (Å²) < 4.78 is 4.48. The fraction of sp³-hybridized carbons (Fsp3) is 0.0208. The summed E-state index contributed by atoms with van der Waals surface area (Å²) in [5.41, 5.74) is 12.5. The molecule has 7 nitrogen and oxygen atoms in total. The van der Waals surface area contributed by atoms with Gasteiger partial charge in [-0.15, -0.1) is 0 Å². The lowest BCUT2D eigenvalue weighted by molar-refractivity contribution is 0.718. The predicted octanol–water partition coefficient (Wildman–Crippen LogP) is 10.6. The lowest BCUT2D eigenvalue weighted by Crippen LogP contribution is -2.32. The molecule has 2 aliphatic rings. The number of nitriles is 2. The summed E-state index contributed by atoms with van der Waals surface area (Å²) in [4.78, 5) is 17.5. The summed E-state index contributed by atoms with van der Waals surface area (Å²) >= 11 is 1.80. The average molecular weight is 732 g/mol. The molecule has 1 aliphatic carbocycles. The van der Waals surface area contributed by atoms with Crippen LogP contribution in [0.5, 0.6) is 0 Å². The van der Waals surface area contributed by atoms with E-state index in [9.17, 15) is 10.5 Å². The molecule has 0 saturated carbocycles. The number of rotatable bonds is 2. The summed E-state index contributed by atoms with van der Waals surface area (Å²) in [7, 11) is 0. The lowest BCUT2D eigenvalue weighted by Gasteiger charge is -2.39. The number of nitrogens with zero attached hydrogens (tertiary/aromatic N) is 7. The molecular formula is C48H25N7S. The van der Waals surface area contributed by atoms with Crippen molar-refractivity contribution in [2.45, 2.75) is 15.2 Å². The maximum atomic E-state index is 9.80. The minimum absolute atomic E-state index is 0.610. The van der Waals surface area contributed by atoms with E-state index in [1.165, 1.54) is 20.9 Å². The van der Waals surface area contributed by atoms with Gasteiger partial charge < -0.3 is 9.13 Å². The number of benzene rings is 5. The van der Waals surface area contributed by atoms with Gasteiger partial charge in [-0.1, -0.05) is 66.4 Å². The zero-order valence-corrected chi connectivity index (χ0v) is 30.3. The monoisotopic (exact) mass is 731 g/mol. The SMILES string of the molecule is N#Cc1ccc2c(c1)c1ccccc1n2-c1cnc2c(c1)C1(c3ccccc3Sc3ccccc31)c1cc(-n3c4ccc(C#N)cc4c4ccncc43)cnc1-2. The molecule has 1 aliphatic heterocycles. The third-order valence-electron chi connectivity index (χ3n) is 11.6. The Morgan fingerprint density at radius 1 is 0.482 bits per heavy atom. The molecule has 0 fully saturated rings.